The number of carbonyl (C=O) groups excluding carboxylic acids is 2. The summed E-state index contributed by atoms with van der Waals surface area (Å²) in [5.41, 5.74) is 1.22. The molecule has 0 aromatic heterocycles. The van der Waals surface area contributed by atoms with Crippen molar-refractivity contribution in [2.75, 3.05) is 13.2 Å². The molecule has 1 unspecified atom stereocenters. The first-order valence-electron chi connectivity index (χ1n) is 7.35. The predicted octanol–water partition coefficient (Wildman–Crippen LogP) is 2.16. The number of benzene rings is 1. The third-order valence-electron chi connectivity index (χ3n) is 2.87. The molecular formula is C18H22O6. The summed E-state index contributed by atoms with van der Waals surface area (Å²) in [7, 11) is 0. The fourth-order valence-electron chi connectivity index (χ4n) is 1.56. The zero-order valence-electron chi connectivity index (χ0n) is 13.9. The van der Waals surface area contributed by atoms with E-state index in [4.69, 9.17) is 14.2 Å². The van der Waals surface area contributed by atoms with Crippen molar-refractivity contribution in [1.29, 1.82) is 0 Å². The summed E-state index contributed by atoms with van der Waals surface area (Å²) in [4.78, 5) is 22.7. The Hall–Kier alpha value is -2.60. The van der Waals surface area contributed by atoms with Gasteiger partial charge in [-0.3, -0.25) is 0 Å². The van der Waals surface area contributed by atoms with Crippen molar-refractivity contribution in [3.05, 3.63) is 54.1 Å². The van der Waals surface area contributed by atoms with Crippen LogP contribution in [0, 0.1) is 0 Å². The molecule has 0 spiro atoms. The normalized spacial score (nSPS) is 11.3. The number of para-hydroxylation sites is 1. The van der Waals surface area contributed by atoms with Crippen molar-refractivity contribution in [2.45, 2.75) is 26.6 Å². The number of aliphatic hydroxyl groups excluding tert-OH is 1. The van der Waals surface area contributed by atoms with Crippen LogP contribution < -0.4 is 4.74 Å². The Balaban J connectivity index is 2.52. The smallest absolute Gasteiger partial charge is 0.333 e. The molecule has 1 rings (SSSR count). The van der Waals surface area contributed by atoms with Gasteiger partial charge in [0.15, 0.2) is 0 Å². The number of esters is 2. The molecule has 1 atom stereocenters. The van der Waals surface area contributed by atoms with E-state index < -0.39 is 18.0 Å². The molecule has 6 heteroatoms. The molecule has 0 fully saturated rings. The lowest BCUT2D eigenvalue weighted by Gasteiger charge is -2.15. The van der Waals surface area contributed by atoms with Gasteiger partial charge in [0.1, 0.15) is 31.7 Å². The molecule has 1 N–H and O–H groups in total. The minimum atomic E-state index is -0.987. The zero-order chi connectivity index (χ0) is 18.1. The van der Waals surface area contributed by atoms with E-state index in [1.807, 2.05) is 0 Å². The Morgan fingerprint density at radius 3 is 2.25 bits per heavy atom. The van der Waals surface area contributed by atoms with E-state index in [-0.39, 0.29) is 25.4 Å². The topological polar surface area (TPSA) is 82.1 Å². The molecule has 1 aromatic rings. The van der Waals surface area contributed by atoms with Crippen LogP contribution in [0.15, 0.2) is 48.6 Å². The van der Waals surface area contributed by atoms with Crippen LogP contribution in [-0.4, -0.2) is 36.4 Å². The summed E-state index contributed by atoms with van der Waals surface area (Å²) in [6, 6.07) is 6.97. The van der Waals surface area contributed by atoms with Gasteiger partial charge in [-0.2, -0.15) is 0 Å². The van der Waals surface area contributed by atoms with E-state index in [1.54, 1.807) is 31.2 Å². The lowest BCUT2D eigenvalue weighted by Crippen LogP contribution is -2.25. The van der Waals surface area contributed by atoms with Gasteiger partial charge in [-0.1, -0.05) is 31.4 Å². The molecule has 1 aromatic carbocycles. The number of aliphatic hydroxyl groups is 1. The highest BCUT2D eigenvalue weighted by Crippen LogP contribution is 2.19. The molecular weight excluding hydrogens is 312 g/mol. The van der Waals surface area contributed by atoms with Crippen molar-refractivity contribution in [3.63, 3.8) is 0 Å². The Morgan fingerprint density at radius 2 is 1.62 bits per heavy atom. The van der Waals surface area contributed by atoms with Gasteiger partial charge in [0.05, 0.1) is 0 Å². The molecule has 0 bridgehead atoms. The maximum Gasteiger partial charge on any atom is 0.333 e. The molecule has 0 heterocycles. The molecule has 0 saturated heterocycles. The van der Waals surface area contributed by atoms with Crippen LogP contribution in [0.3, 0.4) is 0 Å². The minimum Gasteiger partial charge on any atom is -0.490 e. The fourth-order valence-corrected chi connectivity index (χ4v) is 1.56. The van der Waals surface area contributed by atoms with Gasteiger partial charge >= 0.3 is 11.9 Å². The lowest BCUT2D eigenvalue weighted by molar-refractivity contribution is -0.142. The zero-order valence-corrected chi connectivity index (χ0v) is 13.9. The van der Waals surface area contributed by atoms with Crippen molar-refractivity contribution in [2.24, 2.45) is 0 Å². The maximum atomic E-state index is 11.4. The fraction of sp³-hybridized carbons (Fsp3) is 0.333. The Labute approximate surface area is 141 Å². The summed E-state index contributed by atoms with van der Waals surface area (Å²) in [5.74, 6) is -0.588. The van der Waals surface area contributed by atoms with Crippen LogP contribution in [0.25, 0.3) is 0 Å². The van der Waals surface area contributed by atoms with Crippen molar-refractivity contribution >= 4 is 11.9 Å². The Kier molecular flexibility index (Phi) is 7.71. The molecule has 0 aliphatic rings. The van der Waals surface area contributed by atoms with Gasteiger partial charge in [0, 0.05) is 16.7 Å². The molecule has 0 amide bonds. The van der Waals surface area contributed by atoms with Crippen LogP contribution in [0.4, 0.5) is 0 Å². The SMILES string of the molecule is C=C(C)C(=O)OCc1ccccc1OCC(O)COC(=O)C(=C)C. The number of carbonyl (C=O) groups is 2. The Morgan fingerprint density at radius 1 is 1.04 bits per heavy atom. The monoisotopic (exact) mass is 334 g/mol. The maximum absolute atomic E-state index is 11.4. The highest BCUT2D eigenvalue weighted by Gasteiger charge is 2.12. The number of hydrogen-bond acceptors (Lipinski definition) is 6. The molecule has 24 heavy (non-hydrogen) atoms. The standard InChI is InChI=1S/C18H22O6/c1-12(2)17(20)23-9-14-7-5-6-8-16(14)22-10-15(19)11-24-18(21)13(3)4/h5-8,15,19H,1,3,9-11H2,2,4H3. The minimum absolute atomic E-state index is 0.0304. The first-order chi connectivity index (χ1) is 11.3. The van der Waals surface area contributed by atoms with Crippen molar-refractivity contribution < 1.29 is 28.9 Å². The lowest BCUT2D eigenvalue weighted by atomic mass is 10.2. The molecule has 0 aliphatic carbocycles. The van der Waals surface area contributed by atoms with E-state index in [0.29, 0.717) is 16.9 Å². The number of rotatable bonds is 9. The summed E-state index contributed by atoms with van der Waals surface area (Å²) in [6.45, 7) is 9.80. The quantitative estimate of drug-likeness (QED) is 0.550. The Bertz CT molecular complexity index is 620. The molecule has 6 nitrogen and oxygen atoms in total. The predicted molar refractivity (Wildman–Crippen MR) is 88.3 cm³/mol. The van der Waals surface area contributed by atoms with Crippen LogP contribution in [0.1, 0.15) is 19.4 Å². The van der Waals surface area contributed by atoms with Crippen molar-refractivity contribution in [1.82, 2.24) is 0 Å². The van der Waals surface area contributed by atoms with Crippen LogP contribution in [-0.2, 0) is 25.7 Å². The summed E-state index contributed by atoms with van der Waals surface area (Å²) >= 11 is 0. The first kappa shape index (κ1) is 19.4. The second kappa shape index (κ2) is 9.52. The third-order valence-corrected chi connectivity index (χ3v) is 2.87. The highest BCUT2D eigenvalue weighted by molar-refractivity contribution is 5.87. The van der Waals surface area contributed by atoms with Gasteiger partial charge in [-0.25, -0.2) is 9.59 Å². The number of ether oxygens (including phenoxy) is 3. The van der Waals surface area contributed by atoms with Gasteiger partial charge in [0.2, 0.25) is 0 Å². The average Bonchev–Trinajstić information content (AvgIpc) is 2.55. The number of hydrogen-bond donors (Lipinski definition) is 1. The van der Waals surface area contributed by atoms with Gasteiger partial charge < -0.3 is 19.3 Å². The van der Waals surface area contributed by atoms with E-state index in [1.165, 1.54) is 6.92 Å². The summed E-state index contributed by atoms with van der Waals surface area (Å²) in [5, 5.41) is 9.79. The van der Waals surface area contributed by atoms with E-state index in [2.05, 4.69) is 13.2 Å². The highest BCUT2D eigenvalue weighted by atomic mass is 16.6. The summed E-state index contributed by atoms with van der Waals surface area (Å²) < 4.78 is 15.4. The largest absolute Gasteiger partial charge is 0.490 e. The molecule has 130 valence electrons. The average molecular weight is 334 g/mol. The van der Waals surface area contributed by atoms with E-state index >= 15 is 0 Å². The third kappa shape index (κ3) is 6.66. The van der Waals surface area contributed by atoms with Gasteiger partial charge in [-0.15, -0.1) is 0 Å². The van der Waals surface area contributed by atoms with Crippen LogP contribution in [0.2, 0.25) is 0 Å². The first-order valence-corrected chi connectivity index (χ1v) is 7.35. The van der Waals surface area contributed by atoms with Gasteiger partial charge in [-0.05, 0) is 19.9 Å². The molecule has 0 aliphatic heterocycles. The molecule has 0 radical (unpaired) electrons. The van der Waals surface area contributed by atoms with Crippen molar-refractivity contribution in [3.8, 4) is 5.75 Å². The summed E-state index contributed by atoms with van der Waals surface area (Å²) in [6.07, 6.45) is -0.987. The van der Waals surface area contributed by atoms with E-state index in [0.717, 1.165) is 0 Å². The van der Waals surface area contributed by atoms with Gasteiger partial charge in [0.25, 0.3) is 0 Å². The van der Waals surface area contributed by atoms with Crippen LogP contribution >= 0.6 is 0 Å². The van der Waals surface area contributed by atoms with Crippen LogP contribution in [0.5, 0.6) is 5.75 Å². The molecule has 0 saturated carbocycles. The second-order valence-electron chi connectivity index (χ2n) is 5.31. The second-order valence-corrected chi connectivity index (χ2v) is 5.31. The van der Waals surface area contributed by atoms with E-state index in [9.17, 15) is 14.7 Å².